The van der Waals surface area contributed by atoms with E-state index in [4.69, 9.17) is 16.3 Å². The van der Waals surface area contributed by atoms with Gasteiger partial charge in [-0.15, -0.1) is 23.4 Å². The molecule has 0 radical (unpaired) electrons. The first-order chi connectivity index (χ1) is 17.2. The van der Waals surface area contributed by atoms with Crippen molar-refractivity contribution in [2.24, 2.45) is 0 Å². The molecule has 0 aromatic heterocycles. The van der Waals surface area contributed by atoms with Crippen LogP contribution in [0, 0.1) is 0 Å². The minimum atomic E-state index is -3.93. The molecule has 7 nitrogen and oxygen atoms in total. The highest BCUT2D eigenvalue weighted by Gasteiger charge is 2.37. The lowest BCUT2D eigenvalue weighted by molar-refractivity contribution is -0.140. The summed E-state index contributed by atoms with van der Waals surface area (Å²) in [5, 5.41) is 0. The summed E-state index contributed by atoms with van der Waals surface area (Å²) in [5.41, 5.74) is 1.35. The van der Waals surface area contributed by atoms with Gasteiger partial charge in [0.1, 0.15) is 16.9 Å². The fraction of sp³-hybridized carbons (Fsp3) is 0.400. The van der Waals surface area contributed by atoms with Gasteiger partial charge in [-0.25, -0.2) is 13.2 Å². The zero-order chi connectivity index (χ0) is 26.3. The lowest BCUT2D eigenvalue weighted by Crippen LogP contribution is -2.40. The number of ether oxygens (including phenoxy) is 2. The maximum absolute atomic E-state index is 14.1. The third kappa shape index (κ3) is 6.34. The molecule has 3 rings (SSSR count). The molecule has 196 valence electrons. The van der Waals surface area contributed by atoms with Crippen LogP contribution in [0.15, 0.2) is 64.3 Å². The Balaban J connectivity index is 2.13. The number of fused-ring (bicyclic) bond motifs is 1. The largest absolute Gasteiger partial charge is 0.461 e. The van der Waals surface area contributed by atoms with E-state index in [0.29, 0.717) is 35.7 Å². The highest BCUT2D eigenvalue weighted by atomic mass is 35.5. The van der Waals surface area contributed by atoms with Crippen molar-refractivity contribution in [1.29, 1.82) is 0 Å². The number of rotatable bonds is 10. The molecule has 0 aliphatic carbocycles. The second-order valence-corrected chi connectivity index (χ2v) is 11.3. The number of likely N-dealkylation sites (N-methyl/N-ethyl adjacent to an activating group) is 1. The number of benzene rings is 2. The Hall–Kier alpha value is -2.27. The number of para-hydroxylation sites is 1. The average Bonchev–Trinajstić information content (AvgIpc) is 2.96. The summed E-state index contributed by atoms with van der Waals surface area (Å²) in [6.45, 7) is 2.02. The third-order valence-electron chi connectivity index (χ3n) is 5.85. The predicted molar refractivity (Wildman–Crippen MR) is 141 cm³/mol. The fourth-order valence-electron chi connectivity index (χ4n) is 3.94. The normalized spacial score (nSPS) is 17.9. The van der Waals surface area contributed by atoms with E-state index in [1.807, 2.05) is 35.2 Å². The number of carbonyl (C=O) groups is 1. The summed E-state index contributed by atoms with van der Waals surface area (Å²) in [7, 11) is -2.36. The van der Waals surface area contributed by atoms with Gasteiger partial charge in [0.05, 0.1) is 17.2 Å². The van der Waals surface area contributed by atoms with Gasteiger partial charge in [0.25, 0.3) is 0 Å². The van der Waals surface area contributed by atoms with Crippen LogP contribution in [0.4, 0.5) is 15.8 Å². The van der Waals surface area contributed by atoms with Gasteiger partial charge in [-0.3, -0.25) is 0 Å². The molecule has 36 heavy (non-hydrogen) atoms. The molecule has 1 unspecified atom stereocenters. The maximum Gasteiger partial charge on any atom is 0.370 e. The summed E-state index contributed by atoms with van der Waals surface area (Å²) < 4.78 is 53.2. The number of nitrogens with zero attached hydrogens (tertiary/aromatic N) is 2. The molecule has 2 aromatic rings. The fourth-order valence-corrected chi connectivity index (χ4v) is 6.23. The van der Waals surface area contributed by atoms with E-state index in [9.17, 15) is 17.6 Å². The molecule has 0 spiro atoms. The smallest absolute Gasteiger partial charge is 0.370 e. The molecule has 1 aliphatic rings. The van der Waals surface area contributed by atoms with Gasteiger partial charge in [-0.1, -0.05) is 24.6 Å². The van der Waals surface area contributed by atoms with E-state index in [1.165, 1.54) is 22.1 Å². The van der Waals surface area contributed by atoms with E-state index in [-0.39, 0.29) is 23.3 Å². The summed E-state index contributed by atoms with van der Waals surface area (Å²) >= 11 is 7.18. The first-order valence-corrected chi connectivity index (χ1v) is 14.7. The number of hydrogen-bond acceptors (Lipinski definition) is 7. The lowest BCUT2D eigenvalue weighted by Gasteiger charge is -2.29. The van der Waals surface area contributed by atoms with Gasteiger partial charge in [-0.2, -0.15) is 8.70 Å². The Morgan fingerprint density at radius 1 is 1.25 bits per heavy atom. The maximum atomic E-state index is 14.1. The highest BCUT2D eigenvalue weighted by molar-refractivity contribution is 7.98. The second kappa shape index (κ2) is 12.8. The summed E-state index contributed by atoms with van der Waals surface area (Å²) in [6, 6.07) is 12.4. The van der Waals surface area contributed by atoms with E-state index in [1.54, 1.807) is 26.3 Å². The van der Waals surface area contributed by atoms with Crippen molar-refractivity contribution in [2.75, 3.05) is 37.2 Å². The quantitative estimate of drug-likeness (QED) is 0.0926. The van der Waals surface area contributed by atoms with Crippen LogP contribution in [-0.4, -0.2) is 57.1 Å². The molecule has 0 saturated heterocycles. The molecule has 1 atom stereocenters. The first-order valence-electron chi connectivity index (χ1n) is 11.5. The van der Waals surface area contributed by atoms with Crippen LogP contribution in [0.3, 0.4) is 0 Å². The Bertz CT molecular complexity index is 1190. The van der Waals surface area contributed by atoms with Crippen LogP contribution < -0.4 is 9.64 Å². The Morgan fingerprint density at radius 2 is 1.97 bits per heavy atom. The van der Waals surface area contributed by atoms with E-state index < -0.39 is 21.8 Å². The van der Waals surface area contributed by atoms with E-state index >= 15 is 0 Å². The predicted octanol–water partition coefficient (Wildman–Crippen LogP) is 5.71. The van der Waals surface area contributed by atoms with Gasteiger partial charge in [-0.05, 0) is 44.2 Å². The topological polar surface area (TPSA) is 76.2 Å². The highest BCUT2D eigenvalue weighted by Crippen LogP contribution is 2.43. The number of halogens is 2. The molecular weight excluding hydrogens is 527 g/mol. The van der Waals surface area contributed by atoms with Crippen LogP contribution in [0.25, 0.3) is 0 Å². The molecule has 0 amide bonds. The number of esters is 1. The van der Waals surface area contributed by atoms with Gasteiger partial charge in [0.2, 0.25) is 15.9 Å². The molecule has 2 aromatic carbocycles. The van der Waals surface area contributed by atoms with Gasteiger partial charge < -0.3 is 14.4 Å². The number of alkyl halides is 1. The zero-order valence-corrected chi connectivity index (χ0v) is 22.8. The monoisotopic (exact) mass is 556 g/mol. The van der Waals surface area contributed by atoms with Crippen molar-refractivity contribution in [1.82, 2.24) is 4.31 Å². The van der Waals surface area contributed by atoms with Gasteiger partial charge >= 0.3 is 5.97 Å². The first kappa shape index (κ1) is 28.3. The molecular formula is C25H30ClFN2O5S2. The Labute approximate surface area is 221 Å². The molecule has 0 bridgehead atoms. The zero-order valence-electron chi connectivity index (χ0n) is 20.4. The molecule has 0 fully saturated rings. The second-order valence-electron chi connectivity index (χ2n) is 8.08. The summed E-state index contributed by atoms with van der Waals surface area (Å²) in [5.74, 6) is -1.74. The van der Waals surface area contributed by atoms with Crippen molar-refractivity contribution in [2.45, 2.75) is 42.0 Å². The number of thioether (sulfide) groups is 1. The summed E-state index contributed by atoms with van der Waals surface area (Å²) in [4.78, 5) is 14.2. The Morgan fingerprint density at radius 3 is 2.61 bits per heavy atom. The van der Waals surface area contributed by atoms with Crippen molar-refractivity contribution in [3.63, 3.8) is 0 Å². The molecule has 1 aliphatic heterocycles. The van der Waals surface area contributed by atoms with Crippen LogP contribution in [0.1, 0.15) is 26.2 Å². The van der Waals surface area contributed by atoms with Crippen molar-refractivity contribution >= 4 is 50.7 Å². The van der Waals surface area contributed by atoms with Crippen LogP contribution in [-0.2, 0) is 19.6 Å². The number of anilines is 2. The van der Waals surface area contributed by atoms with E-state index in [2.05, 4.69) is 4.74 Å². The van der Waals surface area contributed by atoms with Crippen LogP contribution in [0.5, 0.6) is 5.75 Å². The number of sulfonamides is 1. The van der Waals surface area contributed by atoms with Gasteiger partial charge in [0, 0.05) is 37.3 Å². The SMILES string of the molecule is CCOC(=O)/C(F)=C/Oc1cc2c(cc1SC)N(c1ccccc1)CC(CCCCCl)N(C)S2(=O)=O. The average molecular weight is 557 g/mol. The van der Waals surface area contributed by atoms with Gasteiger partial charge in [0.15, 0.2) is 0 Å². The standard InChI is InChI=1S/C25H30ClFN2O5S2/c1-4-33-25(30)20(27)17-34-22-15-24-21(14-23(22)35-3)29(18-10-6-5-7-11-18)16-19(12-8-9-13-26)28(2)36(24,31)32/h5-7,10-11,14-15,17,19H,4,8-9,12-13,16H2,1-3H3/b20-17-. The summed E-state index contributed by atoms with van der Waals surface area (Å²) in [6.07, 6.45) is 4.66. The Kier molecular flexibility index (Phi) is 10.1. The number of carbonyl (C=O) groups excluding carboxylic acids is 1. The lowest BCUT2D eigenvalue weighted by atomic mass is 10.1. The number of hydrogen-bond donors (Lipinski definition) is 0. The molecule has 0 saturated carbocycles. The van der Waals surface area contributed by atoms with Crippen molar-refractivity contribution in [3.05, 3.63) is 54.6 Å². The minimum Gasteiger partial charge on any atom is -0.461 e. The minimum absolute atomic E-state index is 0.0148. The van der Waals surface area contributed by atoms with E-state index in [0.717, 1.165) is 18.5 Å². The van der Waals surface area contributed by atoms with Crippen LogP contribution >= 0.6 is 23.4 Å². The molecule has 0 N–H and O–H groups in total. The van der Waals surface area contributed by atoms with Crippen LogP contribution in [0.2, 0.25) is 0 Å². The third-order valence-corrected chi connectivity index (χ3v) is 8.81. The number of unbranched alkanes of at least 4 members (excludes halogenated alkanes) is 1. The van der Waals surface area contributed by atoms with Crippen molar-refractivity contribution in [3.8, 4) is 5.75 Å². The van der Waals surface area contributed by atoms with Crippen molar-refractivity contribution < 1.29 is 27.1 Å². The molecule has 11 heteroatoms. The molecule has 1 heterocycles.